The molecule has 60 valence electrons. The van der Waals surface area contributed by atoms with Crippen molar-refractivity contribution in [2.45, 2.75) is 12.5 Å². The van der Waals surface area contributed by atoms with Crippen LogP contribution in [0.3, 0.4) is 0 Å². The van der Waals surface area contributed by atoms with E-state index in [1.807, 2.05) is 0 Å². The van der Waals surface area contributed by atoms with E-state index in [1.165, 1.54) is 11.3 Å². The minimum Gasteiger partial charge on any atom is -0.481 e. The Balaban J connectivity index is 2.56. The van der Waals surface area contributed by atoms with Gasteiger partial charge in [-0.15, -0.1) is 11.3 Å². The Morgan fingerprint density at radius 1 is 1.82 bits per heavy atom. The van der Waals surface area contributed by atoms with Gasteiger partial charge >= 0.3 is 5.97 Å². The van der Waals surface area contributed by atoms with E-state index in [4.69, 9.17) is 10.2 Å². The summed E-state index contributed by atoms with van der Waals surface area (Å²) < 4.78 is 0. The molecule has 0 amide bonds. The summed E-state index contributed by atoms with van der Waals surface area (Å²) in [6, 6.07) is 0. The number of carboxylic acid groups (broad SMARTS) is 1. The fourth-order valence-corrected chi connectivity index (χ4v) is 1.26. The highest BCUT2D eigenvalue weighted by Crippen LogP contribution is 2.15. The van der Waals surface area contributed by atoms with Gasteiger partial charge in [0.1, 0.15) is 6.10 Å². The van der Waals surface area contributed by atoms with E-state index in [0.29, 0.717) is 5.69 Å². The van der Waals surface area contributed by atoms with Crippen LogP contribution in [0.4, 0.5) is 0 Å². The van der Waals surface area contributed by atoms with Gasteiger partial charge in [0, 0.05) is 5.38 Å². The Labute approximate surface area is 67.1 Å². The Hall–Kier alpha value is -0.940. The van der Waals surface area contributed by atoms with Gasteiger partial charge in [0.05, 0.1) is 17.6 Å². The highest BCUT2D eigenvalue weighted by molar-refractivity contribution is 7.07. The maximum atomic E-state index is 10.1. The van der Waals surface area contributed by atoms with Crippen LogP contribution < -0.4 is 0 Å². The van der Waals surface area contributed by atoms with Crippen molar-refractivity contribution >= 4 is 17.3 Å². The van der Waals surface area contributed by atoms with Gasteiger partial charge in [-0.1, -0.05) is 0 Å². The zero-order chi connectivity index (χ0) is 8.27. The van der Waals surface area contributed by atoms with E-state index in [9.17, 15) is 4.79 Å². The molecule has 0 bridgehead atoms. The number of nitrogens with zero attached hydrogens (tertiary/aromatic N) is 1. The molecular formula is C6H7NO3S. The minimum absolute atomic E-state index is 0.288. The van der Waals surface area contributed by atoms with Crippen molar-refractivity contribution in [2.24, 2.45) is 0 Å². The van der Waals surface area contributed by atoms with E-state index in [2.05, 4.69) is 4.98 Å². The third-order valence-corrected chi connectivity index (χ3v) is 1.77. The van der Waals surface area contributed by atoms with E-state index in [0.717, 1.165) is 0 Å². The van der Waals surface area contributed by atoms with Gasteiger partial charge in [0.15, 0.2) is 0 Å². The Kier molecular flexibility index (Phi) is 2.56. The average Bonchev–Trinajstić information content (AvgIpc) is 2.35. The Morgan fingerprint density at radius 3 is 3.00 bits per heavy atom. The lowest BCUT2D eigenvalue weighted by molar-refractivity contribution is -0.139. The minimum atomic E-state index is -1.02. The molecule has 0 aromatic carbocycles. The summed E-state index contributed by atoms with van der Waals surface area (Å²) in [5.41, 5.74) is 1.98. The lowest BCUT2D eigenvalue weighted by atomic mass is 10.2. The third kappa shape index (κ3) is 2.28. The molecule has 0 saturated heterocycles. The molecule has 2 N–H and O–H groups in total. The zero-order valence-corrected chi connectivity index (χ0v) is 6.41. The molecule has 0 spiro atoms. The van der Waals surface area contributed by atoms with Crippen molar-refractivity contribution in [1.29, 1.82) is 0 Å². The molecule has 1 heterocycles. The fourth-order valence-electron chi connectivity index (χ4n) is 0.656. The molecule has 5 heteroatoms. The molecule has 0 aliphatic carbocycles. The van der Waals surface area contributed by atoms with Crippen molar-refractivity contribution in [1.82, 2.24) is 4.98 Å². The van der Waals surface area contributed by atoms with Gasteiger partial charge < -0.3 is 10.2 Å². The van der Waals surface area contributed by atoms with Crippen molar-refractivity contribution in [3.05, 3.63) is 16.6 Å². The number of rotatable bonds is 3. The van der Waals surface area contributed by atoms with E-state index in [1.54, 1.807) is 10.9 Å². The van der Waals surface area contributed by atoms with E-state index in [-0.39, 0.29) is 6.42 Å². The van der Waals surface area contributed by atoms with Crippen LogP contribution in [-0.4, -0.2) is 21.2 Å². The van der Waals surface area contributed by atoms with Gasteiger partial charge in [-0.3, -0.25) is 4.79 Å². The number of carboxylic acids is 1. The van der Waals surface area contributed by atoms with Gasteiger partial charge in [0.2, 0.25) is 0 Å². The van der Waals surface area contributed by atoms with Gasteiger partial charge in [-0.25, -0.2) is 4.98 Å². The molecule has 0 saturated carbocycles. The van der Waals surface area contributed by atoms with Gasteiger partial charge in [-0.2, -0.15) is 0 Å². The van der Waals surface area contributed by atoms with Crippen molar-refractivity contribution in [3.8, 4) is 0 Å². The highest BCUT2D eigenvalue weighted by atomic mass is 32.1. The number of hydrogen-bond donors (Lipinski definition) is 2. The van der Waals surface area contributed by atoms with Crippen LogP contribution in [0.5, 0.6) is 0 Å². The molecule has 1 atom stereocenters. The maximum absolute atomic E-state index is 10.1. The number of hydrogen-bond acceptors (Lipinski definition) is 4. The predicted molar refractivity (Wildman–Crippen MR) is 39.3 cm³/mol. The molecular weight excluding hydrogens is 166 g/mol. The summed E-state index contributed by atoms with van der Waals surface area (Å²) in [4.78, 5) is 13.9. The third-order valence-electron chi connectivity index (χ3n) is 1.16. The number of thiazole rings is 1. The van der Waals surface area contributed by atoms with Crippen LogP contribution in [0.2, 0.25) is 0 Å². The molecule has 0 aliphatic rings. The van der Waals surface area contributed by atoms with E-state index < -0.39 is 12.1 Å². The van der Waals surface area contributed by atoms with Crippen LogP contribution in [0.15, 0.2) is 10.9 Å². The predicted octanol–water partition coefficient (Wildman–Crippen LogP) is 0.651. The first-order valence-corrected chi connectivity index (χ1v) is 3.92. The summed E-state index contributed by atoms with van der Waals surface area (Å²) in [5, 5.41) is 19.1. The first-order valence-electron chi connectivity index (χ1n) is 2.98. The number of aliphatic hydroxyl groups is 1. The average molecular weight is 173 g/mol. The molecule has 0 radical (unpaired) electrons. The zero-order valence-electron chi connectivity index (χ0n) is 5.60. The Morgan fingerprint density at radius 2 is 2.55 bits per heavy atom. The topological polar surface area (TPSA) is 70.4 Å². The smallest absolute Gasteiger partial charge is 0.306 e. The summed E-state index contributed by atoms with van der Waals surface area (Å²) in [6.07, 6.45) is -1.26. The molecule has 0 unspecified atom stereocenters. The van der Waals surface area contributed by atoms with Gasteiger partial charge in [-0.05, 0) is 0 Å². The second-order valence-electron chi connectivity index (χ2n) is 2.03. The van der Waals surface area contributed by atoms with Crippen LogP contribution in [0.1, 0.15) is 18.2 Å². The number of aliphatic hydroxyl groups excluding tert-OH is 1. The highest BCUT2D eigenvalue weighted by Gasteiger charge is 2.12. The molecule has 0 aliphatic heterocycles. The summed E-state index contributed by atoms with van der Waals surface area (Å²) in [5.74, 6) is -1.02. The number of aromatic nitrogens is 1. The number of carbonyl (C=O) groups is 1. The van der Waals surface area contributed by atoms with Gasteiger partial charge in [0.25, 0.3) is 0 Å². The molecule has 11 heavy (non-hydrogen) atoms. The van der Waals surface area contributed by atoms with Crippen molar-refractivity contribution < 1.29 is 15.0 Å². The fraction of sp³-hybridized carbons (Fsp3) is 0.333. The molecule has 1 aromatic heterocycles. The Bertz CT molecular complexity index is 234. The van der Waals surface area contributed by atoms with Crippen LogP contribution >= 0.6 is 11.3 Å². The first kappa shape index (κ1) is 8.16. The summed E-state index contributed by atoms with van der Waals surface area (Å²) in [7, 11) is 0. The summed E-state index contributed by atoms with van der Waals surface area (Å²) >= 11 is 1.33. The van der Waals surface area contributed by atoms with E-state index >= 15 is 0 Å². The lowest BCUT2D eigenvalue weighted by Gasteiger charge is -2.01. The second kappa shape index (κ2) is 3.45. The normalized spacial score (nSPS) is 12.8. The number of aliphatic carboxylic acids is 1. The molecule has 4 nitrogen and oxygen atoms in total. The second-order valence-corrected chi connectivity index (χ2v) is 2.75. The largest absolute Gasteiger partial charge is 0.481 e. The van der Waals surface area contributed by atoms with Crippen molar-refractivity contribution in [3.63, 3.8) is 0 Å². The van der Waals surface area contributed by atoms with Crippen LogP contribution in [-0.2, 0) is 4.79 Å². The maximum Gasteiger partial charge on any atom is 0.306 e. The van der Waals surface area contributed by atoms with Crippen molar-refractivity contribution in [2.75, 3.05) is 0 Å². The molecule has 1 rings (SSSR count). The van der Waals surface area contributed by atoms with Crippen LogP contribution in [0.25, 0.3) is 0 Å². The first-order chi connectivity index (χ1) is 5.20. The lowest BCUT2D eigenvalue weighted by Crippen LogP contribution is -2.05. The van der Waals surface area contributed by atoms with Crippen LogP contribution in [0, 0.1) is 0 Å². The SMILES string of the molecule is O=C(O)C[C@H](O)c1cscn1. The quantitative estimate of drug-likeness (QED) is 0.704. The molecule has 0 fully saturated rings. The summed E-state index contributed by atoms with van der Waals surface area (Å²) in [6.45, 7) is 0. The monoisotopic (exact) mass is 173 g/mol. The standard InChI is InChI=1S/C6H7NO3S/c8-5(1-6(9)10)4-2-11-3-7-4/h2-3,5,8H,1H2,(H,9,10)/t5-/m0/s1. The molecule has 1 aromatic rings.